The molecule has 0 aliphatic carbocycles. The van der Waals surface area contributed by atoms with Gasteiger partial charge in [-0.25, -0.2) is 5.43 Å². The number of aromatic nitrogens is 1. The van der Waals surface area contributed by atoms with Crippen LogP contribution in [0.3, 0.4) is 0 Å². The first-order valence-electron chi connectivity index (χ1n) is 5.63. The van der Waals surface area contributed by atoms with Gasteiger partial charge in [0.1, 0.15) is 11.4 Å². The molecule has 0 aliphatic rings. The monoisotopic (exact) mass is 239 g/mol. The summed E-state index contributed by atoms with van der Waals surface area (Å²) in [6.07, 6.45) is 2.52. The number of pyridine rings is 1. The fourth-order valence-electron chi connectivity index (χ4n) is 1.80. The Bertz CT molecular complexity index is 353. The van der Waals surface area contributed by atoms with Gasteiger partial charge in [-0.15, -0.1) is 0 Å². The number of ether oxygens (including phenoxy) is 2. The Hall–Kier alpha value is -1.17. The zero-order valence-corrected chi connectivity index (χ0v) is 10.9. The van der Waals surface area contributed by atoms with Crippen LogP contribution in [0.15, 0.2) is 18.3 Å². The minimum absolute atomic E-state index is 0.228. The highest BCUT2D eigenvalue weighted by Crippen LogP contribution is 2.34. The van der Waals surface area contributed by atoms with Gasteiger partial charge >= 0.3 is 0 Å². The van der Waals surface area contributed by atoms with Crippen molar-refractivity contribution < 1.29 is 9.47 Å². The van der Waals surface area contributed by atoms with Gasteiger partial charge in [0.05, 0.1) is 18.8 Å². The normalized spacial score (nSPS) is 16.3. The van der Waals surface area contributed by atoms with E-state index in [4.69, 9.17) is 15.3 Å². The van der Waals surface area contributed by atoms with Crippen LogP contribution in [0.1, 0.15) is 32.0 Å². The largest absolute Gasteiger partial charge is 0.495 e. The summed E-state index contributed by atoms with van der Waals surface area (Å²) in [4.78, 5) is 4.34. The lowest BCUT2D eigenvalue weighted by Gasteiger charge is -2.35. The van der Waals surface area contributed by atoms with Crippen molar-refractivity contribution in [3.63, 3.8) is 0 Å². The van der Waals surface area contributed by atoms with Crippen LogP contribution in [0.5, 0.6) is 5.75 Å². The molecule has 1 aromatic rings. The van der Waals surface area contributed by atoms with E-state index in [1.165, 1.54) is 0 Å². The van der Waals surface area contributed by atoms with Gasteiger partial charge in [-0.05, 0) is 25.5 Å². The predicted octanol–water partition coefficient (Wildman–Crippen LogP) is 1.41. The quantitative estimate of drug-likeness (QED) is 0.580. The van der Waals surface area contributed by atoms with E-state index in [1.54, 1.807) is 20.4 Å². The average Bonchev–Trinajstić information content (AvgIpc) is 2.39. The highest BCUT2D eigenvalue weighted by Gasteiger charge is 2.35. The highest BCUT2D eigenvalue weighted by molar-refractivity contribution is 5.31. The summed E-state index contributed by atoms with van der Waals surface area (Å²) in [6.45, 7) is 4.04. The van der Waals surface area contributed by atoms with Crippen molar-refractivity contribution in [2.75, 3.05) is 14.2 Å². The molecule has 0 aromatic carbocycles. The maximum Gasteiger partial charge on any atom is 0.142 e. The number of nitrogens with zero attached hydrogens (tertiary/aromatic N) is 1. The number of hydrogen-bond acceptors (Lipinski definition) is 5. The molecule has 1 heterocycles. The van der Waals surface area contributed by atoms with E-state index in [9.17, 15) is 0 Å². The van der Waals surface area contributed by atoms with Crippen molar-refractivity contribution in [3.8, 4) is 5.75 Å². The van der Waals surface area contributed by atoms with Crippen LogP contribution in [0.25, 0.3) is 0 Å². The van der Waals surface area contributed by atoms with Crippen molar-refractivity contribution >= 4 is 0 Å². The molecule has 0 fully saturated rings. The molecular formula is C12H21N3O2. The zero-order valence-electron chi connectivity index (χ0n) is 10.9. The number of hydrazine groups is 1. The number of rotatable bonds is 6. The van der Waals surface area contributed by atoms with Crippen molar-refractivity contribution in [2.24, 2.45) is 5.84 Å². The Kier molecular flexibility index (Phi) is 4.86. The van der Waals surface area contributed by atoms with Gasteiger partial charge in [-0.3, -0.25) is 10.8 Å². The fraction of sp³-hybridized carbons (Fsp3) is 0.583. The van der Waals surface area contributed by atoms with E-state index < -0.39 is 5.60 Å². The van der Waals surface area contributed by atoms with Crippen LogP contribution in [0.2, 0.25) is 0 Å². The number of nitrogens with one attached hydrogen (secondary N) is 1. The lowest BCUT2D eigenvalue weighted by atomic mass is 9.90. The molecule has 96 valence electrons. The van der Waals surface area contributed by atoms with Crippen LogP contribution in [-0.4, -0.2) is 24.8 Å². The second kappa shape index (κ2) is 5.95. The second-order valence-electron chi connectivity index (χ2n) is 4.06. The number of methoxy groups -OCH3 is 2. The summed E-state index contributed by atoms with van der Waals surface area (Å²) in [7, 11) is 3.29. The summed E-state index contributed by atoms with van der Waals surface area (Å²) in [5.74, 6) is 6.34. The SMILES string of the molecule is CCC(C)(OC)C(NN)c1ncccc1OC. The lowest BCUT2D eigenvalue weighted by molar-refractivity contribution is -0.0317. The van der Waals surface area contributed by atoms with Crippen LogP contribution in [-0.2, 0) is 4.74 Å². The molecule has 0 saturated heterocycles. The molecule has 17 heavy (non-hydrogen) atoms. The molecule has 0 amide bonds. The standard InChI is InChI=1S/C12H21N3O2/c1-5-12(2,17-4)11(15-13)10-9(16-3)7-6-8-14-10/h6-8,11,15H,5,13H2,1-4H3. The first kappa shape index (κ1) is 13.9. The van der Waals surface area contributed by atoms with E-state index in [-0.39, 0.29) is 6.04 Å². The molecule has 5 nitrogen and oxygen atoms in total. The lowest BCUT2D eigenvalue weighted by Crippen LogP contribution is -2.46. The Morgan fingerprint density at radius 3 is 2.71 bits per heavy atom. The zero-order chi connectivity index (χ0) is 12.9. The van der Waals surface area contributed by atoms with Gasteiger partial charge in [-0.2, -0.15) is 0 Å². The predicted molar refractivity (Wildman–Crippen MR) is 66.6 cm³/mol. The first-order valence-corrected chi connectivity index (χ1v) is 5.63. The third kappa shape index (κ3) is 2.74. The fourth-order valence-corrected chi connectivity index (χ4v) is 1.80. The maximum atomic E-state index is 5.64. The molecule has 0 spiro atoms. The van der Waals surface area contributed by atoms with Gasteiger partial charge in [-0.1, -0.05) is 6.92 Å². The Morgan fingerprint density at radius 1 is 1.53 bits per heavy atom. The topological polar surface area (TPSA) is 69.4 Å². The third-order valence-corrected chi connectivity index (χ3v) is 3.24. The Labute approximate surface area is 102 Å². The van der Waals surface area contributed by atoms with E-state index in [1.807, 2.05) is 26.0 Å². The molecule has 0 saturated carbocycles. The minimum atomic E-state index is -0.434. The van der Waals surface area contributed by atoms with Crippen LogP contribution >= 0.6 is 0 Å². The van der Waals surface area contributed by atoms with Crippen LogP contribution < -0.4 is 16.0 Å². The molecule has 2 atom stereocenters. The minimum Gasteiger partial charge on any atom is -0.495 e. The summed E-state index contributed by atoms with van der Waals surface area (Å²) in [5.41, 5.74) is 3.09. The van der Waals surface area contributed by atoms with Gasteiger partial charge in [0, 0.05) is 13.3 Å². The number of nitrogens with two attached hydrogens (primary N) is 1. The van der Waals surface area contributed by atoms with Gasteiger partial charge in [0.25, 0.3) is 0 Å². The van der Waals surface area contributed by atoms with E-state index >= 15 is 0 Å². The summed E-state index contributed by atoms with van der Waals surface area (Å²) in [6, 6.07) is 3.46. The molecule has 5 heteroatoms. The molecule has 2 unspecified atom stereocenters. The summed E-state index contributed by atoms with van der Waals surface area (Å²) < 4.78 is 10.9. The molecule has 3 N–H and O–H groups in total. The van der Waals surface area contributed by atoms with E-state index in [0.717, 1.165) is 12.1 Å². The third-order valence-electron chi connectivity index (χ3n) is 3.24. The smallest absolute Gasteiger partial charge is 0.142 e. The molecule has 0 aliphatic heterocycles. The number of hydrogen-bond donors (Lipinski definition) is 2. The van der Waals surface area contributed by atoms with E-state index in [2.05, 4.69) is 10.4 Å². The molecule has 0 bridgehead atoms. The van der Waals surface area contributed by atoms with Crippen molar-refractivity contribution in [1.82, 2.24) is 10.4 Å². The second-order valence-corrected chi connectivity index (χ2v) is 4.06. The van der Waals surface area contributed by atoms with Gasteiger partial charge in [0.15, 0.2) is 0 Å². The maximum absolute atomic E-state index is 5.64. The molecule has 1 rings (SSSR count). The molecule has 1 aromatic heterocycles. The summed E-state index contributed by atoms with van der Waals surface area (Å²) in [5, 5.41) is 0. The van der Waals surface area contributed by atoms with Crippen molar-refractivity contribution in [2.45, 2.75) is 31.9 Å². The summed E-state index contributed by atoms with van der Waals surface area (Å²) >= 11 is 0. The van der Waals surface area contributed by atoms with Crippen molar-refractivity contribution in [3.05, 3.63) is 24.0 Å². The van der Waals surface area contributed by atoms with Gasteiger partial charge < -0.3 is 9.47 Å². The van der Waals surface area contributed by atoms with Crippen LogP contribution in [0.4, 0.5) is 0 Å². The Balaban J connectivity index is 3.17. The molecular weight excluding hydrogens is 218 g/mol. The molecule has 0 radical (unpaired) electrons. The Morgan fingerprint density at radius 2 is 2.24 bits per heavy atom. The van der Waals surface area contributed by atoms with Crippen molar-refractivity contribution in [1.29, 1.82) is 0 Å². The van der Waals surface area contributed by atoms with Crippen LogP contribution in [0, 0.1) is 0 Å². The van der Waals surface area contributed by atoms with E-state index in [0.29, 0.717) is 5.75 Å². The average molecular weight is 239 g/mol. The highest BCUT2D eigenvalue weighted by atomic mass is 16.5. The van der Waals surface area contributed by atoms with Gasteiger partial charge in [0.2, 0.25) is 0 Å². The first-order chi connectivity index (χ1) is 8.12.